The second-order valence-corrected chi connectivity index (χ2v) is 3.66. The molecule has 1 N–H and O–H groups in total. The van der Waals surface area contributed by atoms with E-state index < -0.39 is 0 Å². The second kappa shape index (κ2) is 4.69. The Labute approximate surface area is 90.9 Å². The molecule has 0 spiro atoms. The van der Waals surface area contributed by atoms with Crippen LogP contribution in [0.15, 0.2) is 54.5 Å². The highest BCUT2D eigenvalue weighted by Crippen LogP contribution is 2.12. The molecule has 0 saturated carbocycles. The first-order valence-electron chi connectivity index (χ1n) is 5.28. The monoisotopic (exact) mass is 200 g/mol. The summed E-state index contributed by atoms with van der Waals surface area (Å²) in [5.41, 5.74) is 2.37. The van der Waals surface area contributed by atoms with Crippen molar-refractivity contribution in [3.8, 4) is 0 Å². The van der Waals surface area contributed by atoms with Gasteiger partial charge >= 0.3 is 0 Å². The van der Waals surface area contributed by atoms with Crippen LogP contribution in [0.4, 0.5) is 5.69 Å². The number of allylic oxidation sites excluding steroid dienone is 1. The van der Waals surface area contributed by atoms with E-state index in [1.807, 2.05) is 24.4 Å². The molecule has 1 aliphatic rings. The SMILES string of the molecule is CC(=CNc1ccccc1)N1C=CCC1. The number of nitrogens with one attached hydrogen (secondary N) is 1. The van der Waals surface area contributed by atoms with Crippen molar-refractivity contribution in [2.75, 3.05) is 11.9 Å². The lowest BCUT2D eigenvalue weighted by Crippen LogP contribution is -2.12. The Morgan fingerprint density at radius 2 is 2.13 bits per heavy atom. The summed E-state index contributed by atoms with van der Waals surface area (Å²) in [7, 11) is 0. The predicted octanol–water partition coefficient (Wildman–Crippen LogP) is 3.18. The van der Waals surface area contributed by atoms with Gasteiger partial charge in [0.15, 0.2) is 0 Å². The van der Waals surface area contributed by atoms with Crippen molar-refractivity contribution in [3.63, 3.8) is 0 Å². The van der Waals surface area contributed by atoms with Gasteiger partial charge in [0.2, 0.25) is 0 Å². The largest absolute Gasteiger partial charge is 0.360 e. The third-order valence-corrected chi connectivity index (χ3v) is 2.50. The molecule has 0 saturated heterocycles. The van der Waals surface area contributed by atoms with Gasteiger partial charge in [0.05, 0.1) is 0 Å². The number of benzene rings is 1. The Morgan fingerprint density at radius 1 is 1.33 bits per heavy atom. The Bertz CT molecular complexity index is 365. The van der Waals surface area contributed by atoms with Crippen molar-refractivity contribution in [1.29, 1.82) is 0 Å². The zero-order valence-corrected chi connectivity index (χ0v) is 8.98. The molecule has 0 fully saturated rings. The molecule has 2 nitrogen and oxygen atoms in total. The molecular weight excluding hydrogens is 184 g/mol. The molecule has 0 atom stereocenters. The van der Waals surface area contributed by atoms with Gasteiger partial charge in [0.1, 0.15) is 0 Å². The van der Waals surface area contributed by atoms with Gasteiger partial charge in [-0.25, -0.2) is 0 Å². The normalized spacial score (nSPS) is 15.8. The van der Waals surface area contributed by atoms with Gasteiger partial charge in [-0.2, -0.15) is 0 Å². The lowest BCUT2D eigenvalue weighted by molar-refractivity contribution is 0.503. The highest BCUT2D eigenvalue weighted by molar-refractivity contribution is 5.45. The zero-order valence-electron chi connectivity index (χ0n) is 8.98. The molecule has 78 valence electrons. The maximum absolute atomic E-state index is 3.28. The quantitative estimate of drug-likeness (QED) is 0.806. The average molecular weight is 200 g/mol. The number of para-hydroxylation sites is 1. The van der Waals surface area contributed by atoms with E-state index in [0.717, 1.165) is 18.7 Å². The fourth-order valence-electron chi connectivity index (χ4n) is 1.59. The molecule has 2 heteroatoms. The molecule has 1 heterocycles. The lowest BCUT2D eigenvalue weighted by atomic mass is 10.3. The van der Waals surface area contributed by atoms with Crippen molar-refractivity contribution in [1.82, 2.24) is 4.90 Å². The van der Waals surface area contributed by atoms with E-state index in [9.17, 15) is 0 Å². The number of nitrogens with zero attached hydrogens (tertiary/aromatic N) is 1. The van der Waals surface area contributed by atoms with E-state index in [0.29, 0.717) is 0 Å². The maximum atomic E-state index is 3.28. The van der Waals surface area contributed by atoms with E-state index in [-0.39, 0.29) is 0 Å². The van der Waals surface area contributed by atoms with Crippen LogP contribution in [0.25, 0.3) is 0 Å². The van der Waals surface area contributed by atoms with Gasteiger partial charge in [0, 0.05) is 24.1 Å². The highest BCUT2D eigenvalue weighted by atomic mass is 15.1. The summed E-state index contributed by atoms with van der Waals surface area (Å²) < 4.78 is 0. The Morgan fingerprint density at radius 3 is 2.80 bits per heavy atom. The lowest BCUT2D eigenvalue weighted by Gasteiger charge is -2.16. The number of anilines is 1. The van der Waals surface area contributed by atoms with Crippen molar-refractivity contribution >= 4 is 5.69 Å². The van der Waals surface area contributed by atoms with Gasteiger partial charge in [-0.15, -0.1) is 0 Å². The van der Waals surface area contributed by atoms with E-state index in [1.54, 1.807) is 0 Å². The zero-order chi connectivity index (χ0) is 10.5. The van der Waals surface area contributed by atoms with Crippen molar-refractivity contribution in [3.05, 3.63) is 54.5 Å². The molecule has 1 aromatic carbocycles. The smallest absolute Gasteiger partial charge is 0.0380 e. The first-order valence-corrected chi connectivity index (χ1v) is 5.28. The van der Waals surface area contributed by atoms with E-state index in [4.69, 9.17) is 0 Å². The minimum absolute atomic E-state index is 1.10. The molecule has 0 radical (unpaired) electrons. The Hall–Kier alpha value is -1.70. The minimum atomic E-state index is 1.10. The summed E-state index contributed by atoms with van der Waals surface area (Å²) >= 11 is 0. The third-order valence-electron chi connectivity index (χ3n) is 2.50. The summed E-state index contributed by atoms with van der Waals surface area (Å²) in [6.07, 6.45) is 7.53. The second-order valence-electron chi connectivity index (χ2n) is 3.66. The summed E-state index contributed by atoms with van der Waals surface area (Å²) in [5, 5.41) is 3.28. The van der Waals surface area contributed by atoms with Crippen LogP contribution in [0.3, 0.4) is 0 Å². The summed E-state index contributed by atoms with van der Waals surface area (Å²) in [5.74, 6) is 0. The van der Waals surface area contributed by atoms with Crippen LogP contribution >= 0.6 is 0 Å². The van der Waals surface area contributed by atoms with Crippen LogP contribution in [0.1, 0.15) is 13.3 Å². The van der Waals surface area contributed by atoms with E-state index in [2.05, 4.69) is 41.5 Å². The van der Waals surface area contributed by atoms with Crippen molar-refractivity contribution in [2.24, 2.45) is 0 Å². The first-order chi connectivity index (χ1) is 7.36. The maximum Gasteiger partial charge on any atom is 0.0380 e. The first kappa shape index (κ1) is 9.84. The molecule has 0 aromatic heterocycles. The van der Waals surface area contributed by atoms with Gasteiger partial charge in [0.25, 0.3) is 0 Å². The molecule has 15 heavy (non-hydrogen) atoms. The summed E-state index contributed by atoms with van der Waals surface area (Å²) in [6.45, 7) is 3.21. The standard InChI is InChI=1S/C13H16N2/c1-12(15-9-5-6-10-15)11-14-13-7-3-2-4-8-13/h2-5,7-9,11,14H,6,10H2,1H3. The van der Waals surface area contributed by atoms with Crippen LogP contribution in [0.5, 0.6) is 0 Å². The van der Waals surface area contributed by atoms with Crippen LogP contribution in [0, 0.1) is 0 Å². The van der Waals surface area contributed by atoms with Crippen molar-refractivity contribution in [2.45, 2.75) is 13.3 Å². The Balaban J connectivity index is 1.96. The Kier molecular flexibility index (Phi) is 3.08. The van der Waals surface area contributed by atoms with Crippen LogP contribution in [-0.4, -0.2) is 11.4 Å². The minimum Gasteiger partial charge on any atom is -0.360 e. The van der Waals surface area contributed by atoms with Gasteiger partial charge in [-0.3, -0.25) is 0 Å². The molecule has 1 aromatic rings. The third kappa shape index (κ3) is 2.62. The average Bonchev–Trinajstić information content (AvgIpc) is 2.81. The van der Waals surface area contributed by atoms with Crippen LogP contribution in [-0.2, 0) is 0 Å². The van der Waals surface area contributed by atoms with Gasteiger partial charge < -0.3 is 10.2 Å². The topological polar surface area (TPSA) is 15.3 Å². The molecule has 2 rings (SSSR count). The highest BCUT2D eigenvalue weighted by Gasteiger charge is 2.04. The van der Waals surface area contributed by atoms with Gasteiger partial charge in [-0.1, -0.05) is 24.3 Å². The van der Waals surface area contributed by atoms with E-state index in [1.165, 1.54) is 5.70 Å². The fraction of sp³-hybridized carbons (Fsp3) is 0.231. The van der Waals surface area contributed by atoms with Gasteiger partial charge in [-0.05, 0) is 31.7 Å². The molecule has 0 amide bonds. The fourth-order valence-corrected chi connectivity index (χ4v) is 1.59. The summed E-state index contributed by atoms with van der Waals surface area (Å²) in [6, 6.07) is 10.2. The van der Waals surface area contributed by atoms with Crippen LogP contribution < -0.4 is 5.32 Å². The number of hydrogen-bond acceptors (Lipinski definition) is 2. The summed E-state index contributed by atoms with van der Waals surface area (Å²) in [4.78, 5) is 2.25. The predicted molar refractivity (Wildman–Crippen MR) is 64.3 cm³/mol. The molecule has 0 bridgehead atoms. The number of rotatable bonds is 3. The van der Waals surface area contributed by atoms with E-state index >= 15 is 0 Å². The van der Waals surface area contributed by atoms with Crippen LogP contribution in [0.2, 0.25) is 0 Å². The molecule has 1 aliphatic heterocycles. The molecular formula is C13H16N2. The number of hydrogen-bond donors (Lipinski definition) is 1. The van der Waals surface area contributed by atoms with Crippen molar-refractivity contribution < 1.29 is 0 Å². The molecule has 0 aliphatic carbocycles. The molecule has 0 unspecified atom stereocenters.